The van der Waals surface area contributed by atoms with E-state index in [9.17, 15) is 8.42 Å². The van der Waals surface area contributed by atoms with Crippen LogP contribution in [0.3, 0.4) is 0 Å². The lowest BCUT2D eigenvalue weighted by molar-refractivity contribution is -0.00126. The fourth-order valence-corrected chi connectivity index (χ4v) is 6.69. The molecule has 8 heteroatoms. The van der Waals surface area contributed by atoms with Gasteiger partial charge in [-0.05, 0) is 62.6 Å². The minimum absolute atomic E-state index is 0. The Hall–Kier alpha value is -0.180. The van der Waals surface area contributed by atoms with Crippen LogP contribution in [0, 0.1) is 5.92 Å². The molecule has 0 bridgehead atoms. The molecule has 29 heavy (non-hydrogen) atoms. The normalized spacial score (nSPS) is 26.8. The van der Waals surface area contributed by atoms with Crippen molar-refractivity contribution in [1.82, 2.24) is 9.21 Å². The molecule has 166 valence electrons. The fourth-order valence-electron chi connectivity index (χ4n) is 4.66. The molecule has 2 aliphatic heterocycles. The van der Waals surface area contributed by atoms with Crippen LogP contribution in [-0.4, -0.2) is 56.6 Å². The Morgan fingerprint density at radius 3 is 2.62 bits per heavy atom. The maximum absolute atomic E-state index is 13.3. The van der Waals surface area contributed by atoms with E-state index in [1.165, 1.54) is 6.42 Å². The number of methoxy groups -OCH3 is 1. The lowest BCUT2D eigenvalue weighted by atomic mass is 9.88. The molecule has 3 unspecified atom stereocenters. The Morgan fingerprint density at radius 2 is 1.90 bits per heavy atom. The van der Waals surface area contributed by atoms with E-state index in [2.05, 4.69) is 11.8 Å². The molecule has 0 N–H and O–H groups in total. The molecular weight excluding hydrogens is 476 g/mol. The van der Waals surface area contributed by atoms with Crippen molar-refractivity contribution in [2.75, 3.05) is 26.9 Å². The van der Waals surface area contributed by atoms with Gasteiger partial charge in [-0.1, -0.05) is 31.0 Å². The highest BCUT2D eigenvalue weighted by Gasteiger charge is 2.35. The third-order valence-corrected chi connectivity index (χ3v) is 8.39. The van der Waals surface area contributed by atoms with Gasteiger partial charge in [-0.25, -0.2) is 8.42 Å². The van der Waals surface area contributed by atoms with E-state index >= 15 is 0 Å². The van der Waals surface area contributed by atoms with E-state index in [-0.39, 0.29) is 23.0 Å². The summed E-state index contributed by atoms with van der Waals surface area (Å²) in [5, 5.41) is 0.459. The first-order chi connectivity index (χ1) is 13.4. The maximum Gasteiger partial charge on any atom is 0.243 e. The van der Waals surface area contributed by atoms with Gasteiger partial charge in [0.05, 0.1) is 11.6 Å². The Bertz CT molecular complexity index is 749. The molecular formula is C21H34BrClN2O3S. The number of hydrogen-bond donors (Lipinski definition) is 0. The predicted molar refractivity (Wildman–Crippen MR) is 123 cm³/mol. The summed E-state index contributed by atoms with van der Waals surface area (Å²) in [5.41, 5.74) is 0. The van der Waals surface area contributed by atoms with Gasteiger partial charge in [-0.15, -0.1) is 17.0 Å². The van der Waals surface area contributed by atoms with E-state index in [1.54, 1.807) is 35.7 Å². The van der Waals surface area contributed by atoms with Crippen LogP contribution in [-0.2, 0) is 14.8 Å². The van der Waals surface area contributed by atoms with Crippen molar-refractivity contribution >= 4 is 38.6 Å². The summed E-state index contributed by atoms with van der Waals surface area (Å²) in [4.78, 5) is 2.72. The quantitative estimate of drug-likeness (QED) is 0.522. The molecule has 3 rings (SSSR count). The lowest BCUT2D eigenvalue weighted by Crippen LogP contribution is -2.46. The average molecular weight is 510 g/mol. The minimum atomic E-state index is -3.51. The van der Waals surface area contributed by atoms with Gasteiger partial charge in [0.2, 0.25) is 10.0 Å². The summed E-state index contributed by atoms with van der Waals surface area (Å²) in [6, 6.07) is 7.17. The molecule has 2 fully saturated rings. The van der Waals surface area contributed by atoms with Crippen molar-refractivity contribution in [3.8, 4) is 0 Å². The third-order valence-electron chi connectivity index (χ3n) is 6.20. The molecule has 2 aliphatic rings. The standard InChI is InChI=1S/C21H33ClN2O3S.BrH/c1-17-11-13-23(16-27-2)20(14-17)10-9-19-7-3-4-12-24(19)28(25,26)21-8-5-6-18(22)15-21;/h5-6,8,15,17,19-20H,3-4,7,9-14,16H2,1-2H3;1H. The van der Waals surface area contributed by atoms with Gasteiger partial charge in [0.15, 0.2) is 0 Å². The highest BCUT2D eigenvalue weighted by Crippen LogP contribution is 2.31. The van der Waals surface area contributed by atoms with Crippen molar-refractivity contribution in [3.05, 3.63) is 29.3 Å². The number of likely N-dealkylation sites (tertiary alicyclic amines) is 1. The first kappa shape index (κ1) is 25.1. The molecule has 0 aromatic heterocycles. The zero-order valence-corrected chi connectivity index (χ0v) is 20.7. The van der Waals surface area contributed by atoms with Crippen LogP contribution in [0.5, 0.6) is 0 Å². The van der Waals surface area contributed by atoms with Crippen molar-refractivity contribution in [1.29, 1.82) is 0 Å². The van der Waals surface area contributed by atoms with Crippen molar-refractivity contribution in [2.24, 2.45) is 5.92 Å². The number of halogens is 2. The summed E-state index contributed by atoms with van der Waals surface area (Å²) in [7, 11) is -1.76. The molecule has 5 nitrogen and oxygen atoms in total. The number of benzene rings is 1. The van der Waals surface area contributed by atoms with Crippen LogP contribution in [0.15, 0.2) is 29.2 Å². The summed E-state index contributed by atoms with van der Waals surface area (Å²) in [6.45, 7) is 4.64. The Morgan fingerprint density at radius 1 is 1.14 bits per heavy atom. The number of nitrogens with zero attached hydrogens (tertiary/aromatic N) is 2. The van der Waals surface area contributed by atoms with Crippen LogP contribution < -0.4 is 0 Å². The van der Waals surface area contributed by atoms with Crippen molar-refractivity contribution < 1.29 is 13.2 Å². The number of rotatable bonds is 7. The van der Waals surface area contributed by atoms with Gasteiger partial charge < -0.3 is 4.74 Å². The SMILES string of the molecule is Br.COCN1CCC(C)CC1CCC1CCCCN1S(=O)(=O)c1cccc(Cl)c1. The summed E-state index contributed by atoms with van der Waals surface area (Å²) in [6.07, 6.45) is 7.24. The molecule has 1 aromatic rings. The van der Waals surface area contributed by atoms with Crippen LogP contribution >= 0.6 is 28.6 Å². The zero-order valence-electron chi connectivity index (χ0n) is 17.4. The van der Waals surface area contributed by atoms with Crippen LogP contribution in [0.25, 0.3) is 0 Å². The number of ether oxygens (including phenoxy) is 1. The van der Waals surface area contributed by atoms with Gasteiger partial charge in [0.1, 0.15) is 0 Å². The number of hydrogen-bond acceptors (Lipinski definition) is 4. The van der Waals surface area contributed by atoms with Gasteiger partial charge in [0, 0.05) is 37.3 Å². The second kappa shape index (κ2) is 11.4. The van der Waals surface area contributed by atoms with E-state index in [1.807, 2.05) is 0 Å². The van der Waals surface area contributed by atoms with Crippen LogP contribution in [0.4, 0.5) is 0 Å². The first-order valence-electron chi connectivity index (χ1n) is 10.4. The lowest BCUT2D eigenvalue weighted by Gasteiger charge is -2.40. The fraction of sp³-hybridized carbons (Fsp3) is 0.714. The largest absolute Gasteiger partial charge is 0.369 e. The number of piperidine rings is 2. The summed E-state index contributed by atoms with van der Waals surface area (Å²) < 4.78 is 33.6. The van der Waals surface area contributed by atoms with Crippen molar-refractivity contribution in [3.63, 3.8) is 0 Å². The van der Waals surface area contributed by atoms with Gasteiger partial charge in [-0.3, -0.25) is 4.90 Å². The molecule has 2 heterocycles. The van der Waals surface area contributed by atoms with Crippen LogP contribution in [0.2, 0.25) is 5.02 Å². The Balaban J connectivity index is 0.00000300. The Labute approximate surface area is 191 Å². The second-order valence-electron chi connectivity index (χ2n) is 8.31. The zero-order chi connectivity index (χ0) is 20.1. The molecule has 0 radical (unpaired) electrons. The molecule has 0 spiro atoms. The monoisotopic (exact) mass is 508 g/mol. The molecule has 0 amide bonds. The highest BCUT2D eigenvalue weighted by atomic mass is 79.9. The van der Waals surface area contributed by atoms with E-state index in [4.69, 9.17) is 16.3 Å². The van der Waals surface area contributed by atoms with E-state index in [0.29, 0.717) is 29.2 Å². The van der Waals surface area contributed by atoms with Gasteiger partial charge in [-0.2, -0.15) is 4.31 Å². The molecule has 2 saturated heterocycles. The molecule has 3 atom stereocenters. The Kier molecular flexibility index (Phi) is 9.90. The topological polar surface area (TPSA) is 49.9 Å². The maximum atomic E-state index is 13.3. The van der Waals surface area contributed by atoms with Gasteiger partial charge >= 0.3 is 0 Å². The summed E-state index contributed by atoms with van der Waals surface area (Å²) in [5.74, 6) is 0.718. The predicted octanol–water partition coefficient (Wildman–Crippen LogP) is 4.95. The van der Waals surface area contributed by atoms with Crippen molar-refractivity contribution in [2.45, 2.75) is 68.8 Å². The summed E-state index contributed by atoms with van der Waals surface area (Å²) >= 11 is 6.05. The molecule has 0 aliphatic carbocycles. The highest BCUT2D eigenvalue weighted by molar-refractivity contribution is 8.93. The van der Waals surface area contributed by atoms with Gasteiger partial charge in [0.25, 0.3) is 0 Å². The number of sulfonamides is 1. The molecule has 0 saturated carbocycles. The van der Waals surface area contributed by atoms with Crippen LogP contribution in [0.1, 0.15) is 51.9 Å². The van der Waals surface area contributed by atoms with E-state index in [0.717, 1.165) is 51.0 Å². The minimum Gasteiger partial charge on any atom is -0.369 e. The third kappa shape index (κ3) is 6.40. The molecule has 1 aromatic carbocycles. The average Bonchev–Trinajstić information content (AvgIpc) is 2.68. The smallest absolute Gasteiger partial charge is 0.243 e. The van der Waals surface area contributed by atoms with E-state index < -0.39 is 10.0 Å². The first-order valence-corrected chi connectivity index (χ1v) is 12.2. The second-order valence-corrected chi connectivity index (χ2v) is 10.6.